The van der Waals surface area contributed by atoms with Crippen LogP contribution in [0.15, 0.2) is 35.7 Å². The molecule has 1 amide bonds. The fourth-order valence-electron chi connectivity index (χ4n) is 3.52. The summed E-state index contributed by atoms with van der Waals surface area (Å²) in [5.74, 6) is -0.0545. The highest BCUT2D eigenvalue weighted by molar-refractivity contribution is 6.05. The Hall–Kier alpha value is -2.38. The Bertz CT molecular complexity index is 674. The number of carbonyl (C=O) groups excluding carboxylic acids is 1. The molecular weight excluding hydrogens is 342 g/mol. The number of allylic oxidation sites excluding steroid dienone is 1. The van der Waals surface area contributed by atoms with E-state index in [2.05, 4.69) is 10.6 Å². The van der Waals surface area contributed by atoms with Gasteiger partial charge in [0.2, 0.25) is 5.76 Å². The lowest BCUT2D eigenvalue weighted by atomic mass is 10.2. The Balaban J connectivity index is 1.83. The highest BCUT2D eigenvalue weighted by Gasteiger charge is 2.26. The molecule has 7 nitrogen and oxygen atoms in total. The second-order valence-electron chi connectivity index (χ2n) is 6.98. The molecule has 0 bridgehead atoms. The van der Waals surface area contributed by atoms with Crippen molar-refractivity contribution in [2.75, 3.05) is 31.5 Å². The van der Waals surface area contributed by atoms with Crippen LogP contribution in [0.3, 0.4) is 0 Å². The monoisotopic (exact) mass is 371 g/mol. The minimum absolute atomic E-state index is 0.0447. The van der Waals surface area contributed by atoms with Crippen LogP contribution in [0.25, 0.3) is 0 Å². The zero-order chi connectivity index (χ0) is 19.1. The fourth-order valence-corrected chi connectivity index (χ4v) is 3.52. The minimum Gasteiger partial charge on any atom is -0.483 e. The maximum atomic E-state index is 13.0. The number of ether oxygens (including phenoxy) is 1. The number of carbonyl (C=O) groups is 1. The summed E-state index contributed by atoms with van der Waals surface area (Å²) in [6, 6.07) is 7.46. The quantitative estimate of drug-likeness (QED) is 0.332. The summed E-state index contributed by atoms with van der Waals surface area (Å²) < 4.78 is 6.13. The Morgan fingerprint density at radius 1 is 1.26 bits per heavy atom. The molecule has 0 atom stereocenters. The van der Waals surface area contributed by atoms with E-state index in [-0.39, 0.29) is 17.8 Å². The predicted molar refractivity (Wildman–Crippen MR) is 107 cm³/mol. The van der Waals surface area contributed by atoms with Crippen molar-refractivity contribution in [3.8, 4) is 0 Å². The van der Waals surface area contributed by atoms with Gasteiger partial charge < -0.3 is 31.4 Å². The van der Waals surface area contributed by atoms with Crippen molar-refractivity contribution in [3.05, 3.63) is 41.3 Å². The number of amides is 1. The third kappa shape index (κ3) is 5.08. The maximum Gasteiger partial charge on any atom is 0.293 e. The van der Waals surface area contributed by atoms with Crippen molar-refractivity contribution in [2.24, 2.45) is 5.73 Å². The molecule has 7 heteroatoms. The number of nitrogens with one attached hydrogen (secondary N) is 3. The summed E-state index contributed by atoms with van der Waals surface area (Å²) in [5.41, 5.74) is 7.88. The van der Waals surface area contributed by atoms with Crippen LogP contribution in [-0.2, 0) is 16.1 Å². The van der Waals surface area contributed by atoms with Crippen molar-refractivity contribution in [1.82, 2.24) is 10.2 Å². The van der Waals surface area contributed by atoms with Crippen LogP contribution in [0.4, 0.5) is 5.69 Å². The molecule has 1 aliphatic heterocycles. The SMILES string of the molecule is N=C/C(=C(/OC1CCCC1)C(=O)Nc1ccc(CN)cc1)N1CCNCC1. The molecule has 1 aromatic carbocycles. The van der Waals surface area contributed by atoms with Crippen LogP contribution in [0.5, 0.6) is 0 Å². The third-order valence-electron chi connectivity index (χ3n) is 5.07. The summed E-state index contributed by atoms with van der Waals surface area (Å²) >= 11 is 0. The first-order valence-corrected chi connectivity index (χ1v) is 9.68. The molecule has 1 saturated carbocycles. The molecule has 1 heterocycles. The standard InChI is InChI=1S/C20H29N5O2/c21-13-15-5-7-16(8-6-15)24-20(26)19(27-17-3-1-2-4-17)18(14-22)25-11-9-23-10-12-25/h5-8,14,17,22-23H,1-4,9-13,21H2,(H,24,26)/b19-18-,22-14?. The normalized spacial score (nSPS) is 18.8. The second-order valence-corrected chi connectivity index (χ2v) is 6.98. The summed E-state index contributed by atoms with van der Waals surface area (Å²) in [4.78, 5) is 15.1. The Kier molecular flexibility index (Phi) is 6.84. The van der Waals surface area contributed by atoms with Crippen molar-refractivity contribution >= 4 is 17.8 Å². The van der Waals surface area contributed by atoms with Crippen molar-refractivity contribution in [2.45, 2.75) is 38.3 Å². The Morgan fingerprint density at radius 2 is 1.93 bits per heavy atom. The maximum absolute atomic E-state index is 13.0. The highest BCUT2D eigenvalue weighted by Crippen LogP contribution is 2.26. The molecular formula is C20H29N5O2. The lowest BCUT2D eigenvalue weighted by Crippen LogP contribution is -2.44. The molecule has 5 N–H and O–H groups in total. The van der Waals surface area contributed by atoms with Crippen molar-refractivity contribution < 1.29 is 9.53 Å². The van der Waals surface area contributed by atoms with E-state index in [0.717, 1.165) is 57.4 Å². The largest absolute Gasteiger partial charge is 0.483 e. The van der Waals surface area contributed by atoms with E-state index in [1.165, 1.54) is 6.21 Å². The number of benzene rings is 1. The van der Waals surface area contributed by atoms with Crippen LogP contribution in [0.2, 0.25) is 0 Å². The van der Waals surface area contributed by atoms with E-state index in [4.69, 9.17) is 15.9 Å². The average Bonchev–Trinajstić information content (AvgIpc) is 3.22. The number of hydrogen-bond acceptors (Lipinski definition) is 6. The van der Waals surface area contributed by atoms with Gasteiger partial charge >= 0.3 is 0 Å². The first-order chi connectivity index (χ1) is 13.2. The number of piperazine rings is 1. The summed E-state index contributed by atoms with van der Waals surface area (Å²) in [7, 11) is 0. The van der Waals surface area contributed by atoms with Gasteiger partial charge in [-0.1, -0.05) is 12.1 Å². The van der Waals surface area contributed by atoms with Crippen molar-refractivity contribution in [1.29, 1.82) is 5.41 Å². The van der Waals surface area contributed by atoms with Gasteiger partial charge in [0, 0.05) is 44.6 Å². The van der Waals surface area contributed by atoms with E-state index in [1.807, 2.05) is 29.2 Å². The first-order valence-electron chi connectivity index (χ1n) is 9.68. The van der Waals surface area contributed by atoms with E-state index < -0.39 is 0 Å². The van der Waals surface area contributed by atoms with Gasteiger partial charge in [-0.3, -0.25) is 4.79 Å². The molecule has 0 aromatic heterocycles. The number of rotatable bonds is 7. The summed E-state index contributed by atoms with van der Waals surface area (Å²) in [6.07, 6.45) is 5.43. The van der Waals surface area contributed by atoms with Gasteiger partial charge in [-0.25, -0.2) is 0 Å². The first kappa shape index (κ1) is 19.4. The Morgan fingerprint density at radius 3 is 2.52 bits per heavy atom. The molecule has 3 rings (SSSR count). The number of nitrogens with zero attached hydrogens (tertiary/aromatic N) is 1. The van der Waals surface area contributed by atoms with Crippen LogP contribution in [0, 0.1) is 5.41 Å². The van der Waals surface area contributed by atoms with Crippen LogP contribution in [-0.4, -0.2) is 49.3 Å². The van der Waals surface area contributed by atoms with Gasteiger partial charge in [-0.2, -0.15) is 0 Å². The minimum atomic E-state index is -0.306. The molecule has 0 unspecified atom stereocenters. The molecule has 1 aliphatic carbocycles. The Labute approximate surface area is 160 Å². The zero-order valence-electron chi connectivity index (χ0n) is 15.7. The van der Waals surface area contributed by atoms with Gasteiger partial charge in [-0.15, -0.1) is 0 Å². The molecule has 146 valence electrons. The topological polar surface area (TPSA) is 103 Å². The van der Waals surface area contributed by atoms with Crippen LogP contribution in [0.1, 0.15) is 31.2 Å². The van der Waals surface area contributed by atoms with E-state index in [9.17, 15) is 4.79 Å². The predicted octanol–water partition coefficient (Wildman–Crippen LogP) is 1.81. The smallest absolute Gasteiger partial charge is 0.293 e. The van der Waals surface area contributed by atoms with Gasteiger partial charge in [-0.05, 0) is 43.4 Å². The lowest BCUT2D eigenvalue weighted by Gasteiger charge is -2.31. The number of anilines is 1. The summed E-state index contributed by atoms with van der Waals surface area (Å²) in [5, 5.41) is 14.1. The summed E-state index contributed by atoms with van der Waals surface area (Å²) in [6.45, 7) is 3.62. The fraction of sp³-hybridized carbons (Fsp3) is 0.500. The molecule has 27 heavy (non-hydrogen) atoms. The molecule has 0 spiro atoms. The van der Waals surface area contributed by atoms with Crippen molar-refractivity contribution in [3.63, 3.8) is 0 Å². The average molecular weight is 371 g/mol. The van der Waals surface area contributed by atoms with Crippen LogP contribution >= 0.6 is 0 Å². The number of hydrogen-bond donors (Lipinski definition) is 4. The highest BCUT2D eigenvalue weighted by atomic mass is 16.5. The molecule has 1 saturated heterocycles. The molecule has 2 aliphatic rings. The molecule has 1 aromatic rings. The van der Waals surface area contributed by atoms with Crippen LogP contribution < -0.4 is 16.4 Å². The second kappa shape index (κ2) is 9.53. The van der Waals surface area contributed by atoms with E-state index >= 15 is 0 Å². The van der Waals surface area contributed by atoms with Gasteiger partial charge in [0.1, 0.15) is 5.70 Å². The number of nitrogens with two attached hydrogens (primary N) is 1. The molecule has 2 fully saturated rings. The zero-order valence-corrected chi connectivity index (χ0v) is 15.7. The molecule has 0 radical (unpaired) electrons. The van der Waals surface area contributed by atoms with Gasteiger partial charge in [0.25, 0.3) is 5.91 Å². The van der Waals surface area contributed by atoms with E-state index in [0.29, 0.717) is 17.9 Å². The van der Waals surface area contributed by atoms with Gasteiger partial charge in [0.15, 0.2) is 0 Å². The third-order valence-corrected chi connectivity index (χ3v) is 5.07. The lowest BCUT2D eigenvalue weighted by molar-refractivity contribution is -0.117. The van der Waals surface area contributed by atoms with Gasteiger partial charge in [0.05, 0.1) is 6.10 Å². The van der Waals surface area contributed by atoms with E-state index in [1.54, 1.807) is 0 Å².